The fourth-order valence-corrected chi connectivity index (χ4v) is 2.99. The van der Waals surface area contributed by atoms with Gasteiger partial charge in [-0.15, -0.1) is 0 Å². The van der Waals surface area contributed by atoms with Crippen molar-refractivity contribution in [3.63, 3.8) is 0 Å². The smallest absolute Gasteiger partial charge is 0.118 e. The van der Waals surface area contributed by atoms with Crippen LogP contribution in [-0.2, 0) is 11.3 Å². The summed E-state index contributed by atoms with van der Waals surface area (Å²) in [4.78, 5) is 2.32. The molecule has 1 aliphatic rings. The first-order valence-electron chi connectivity index (χ1n) is 8.36. The van der Waals surface area contributed by atoms with E-state index in [0.717, 1.165) is 51.1 Å². The fraction of sp³-hybridized carbons (Fsp3) is 0.667. The number of aliphatic hydroxyl groups is 1. The molecule has 0 aromatic heterocycles. The van der Waals surface area contributed by atoms with Crippen LogP contribution in [0.5, 0.6) is 5.75 Å². The minimum absolute atomic E-state index is 0.260. The highest BCUT2D eigenvalue weighted by atomic mass is 16.5. The summed E-state index contributed by atoms with van der Waals surface area (Å²) in [6.45, 7) is 5.42. The Labute approximate surface area is 134 Å². The lowest BCUT2D eigenvalue weighted by Crippen LogP contribution is -2.37. The molecule has 1 aromatic carbocycles. The standard InChI is InChI=1S/C18H29NO3/c1-3-5-16(20)13-19(14-18-6-4-11-22-18)12-15-7-9-17(21-2)10-8-15/h7-10,16,18,20H,3-6,11-14H2,1-2H3. The molecule has 0 spiro atoms. The lowest BCUT2D eigenvalue weighted by atomic mass is 10.1. The van der Waals surface area contributed by atoms with Gasteiger partial charge in [0.25, 0.3) is 0 Å². The molecule has 22 heavy (non-hydrogen) atoms. The van der Waals surface area contributed by atoms with E-state index in [0.29, 0.717) is 12.6 Å². The van der Waals surface area contributed by atoms with Crippen molar-refractivity contribution in [2.75, 3.05) is 26.8 Å². The first-order chi connectivity index (χ1) is 10.7. The van der Waals surface area contributed by atoms with E-state index in [9.17, 15) is 5.11 Å². The fourth-order valence-electron chi connectivity index (χ4n) is 2.99. The molecular formula is C18H29NO3. The van der Waals surface area contributed by atoms with Gasteiger partial charge in [-0.25, -0.2) is 0 Å². The van der Waals surface area contributed by atoms with Gasteiger partial charge in [-0.2, -0.15) is 0 Å². The van der Waals surface area contributed by atoms with Crippen molar-refractivity contribution in [1.29, 1.82) is 0 Å². The molecule has 2 unspecified atom stereocenters. The average Bonchev–Trinajstić information content (AvgIpc) is 3.01. The van der Waals surface area contributed by atoms with Crippen molar-refractivity contribution >= 4 is 0 Å². The molecule has 124 valence electrons. The molecule has 2 rings (SSSR count). The van der Waals surface area contributed by atoms with E-state index in [1.165, 1.54) is 5.56 Å². The summed E-state index contributed by atoms with van der Waals surface area (Å²) in [5.74, 6) is 0.875. The van der Waals surface area contributed by atoms with Gasteiger partial charge in [-0.3, -0.25) is 4.90 Å². The highest BCUT2D eigenvalue weighted by molar-refractivity contribution is 5.27. The maximum Gasteiger partial charge on any atom is 0.118 e. The normalized spacial score (nSPS) is 19.5. The summed E-state index contributed by atoms with van der Waals surface area (Å²) in [6, 6.07) is 8.16. The zero-order valence-electron chi connectivity index (χ0n) is 13.8. The largest absolute Gasteiger partial charge is 0.497 e. The van der Waals surface area contributed by atoms with E-state index in [4.69, 9.17) is 9.47 Å². The average molecular weight is 307 g/mol. The molecule has 1 aromatic rings. The van der Waals surface area contributed by atoms with Crippen molar-refractivity contribution in [2.45, 2.75) is 51.4 Å². The molecule has 0 saturated carbocycles. The highest BCUT2D eigenvalue weighted by Crippen LogP contribution is 2.17. The Bertz CT molecular complexity index is 415. The Kier molecular flexibility index (Phi) is 7.16. The van der Waals surface area contributed by atoms with Gasteiger partial charge in [-0.1, -0.05) is 25.5 Å². The van der Waals surface area contributed by atoms with Gasteiger partial charge in [0, 0.05) is 26.2 Å². The van der Waals surface area contributed by atoms with Gasteiger partial charge >= 0.3 is 0 Å². The van der Waals surface area contributed by atoms with E-state index in [2.05, 4.69) is 24.0 Å². The van der Waals surface area contributed by atoms with Gasteiger partial charge in [0.05, 0.1) is 19.3 Å². The maximum absolute atomic E-state index is 10.2. The number of methoxy groups -OCH3 is 1. The van der Waals surface area contributed by atoms with Crippen LogP contribution < -0.4 is 4.74 Å². The SMILES string of the molecule is CCCC(O)CN(Cc1ccc(OC)cc1)CC1CCCO1. The summed E-state index contributed by atoms with van der Waals surface area (Å²) in [5, 5.41) is 10.2. The van der Waals surface area contributed by atoms with Crippen LogP contribution in [0.3, 0.4) is 0 Å². The Morgan fingerprint density at radius 1 is 1.36 bits per heavy atom. The molecule has 1 aliphatic heterocycles. The number of hydrogen-bond donors (Lipinski definition) is 1. The quantitative estimate of drug-likeness (QED) is 0.762. The molecule has 1 fully saturated rings. The van der Waals surface area contributed by atoms with Gasteiger partial charge in [-0.05, 0) is 37.0 Å². The summed E-state index contributed by atoms with van der Waals surface area (Å²) in [7, 11) is 1.68. The summed E-state index contributed by atoms with van der Waals surface area (Å²) >= 11 is 0. The zero-order valence-corrected chi connectivity index (χ0v) is 13.8. The second kappa shape index (κ2) is 9.13. The topological polar surface area (TPSA) is 41.9 Å². The van der Waals surface area contributed by atoms with Crippen LogP contribution in [0.25, 0.3) is 0 Å². The predicted molar refractivity (Wildman–Crippen MR) is 88.2 cm³/mol. The highest BCUT2D eigenvalue weighted by Gasteiger charge is 2.21. The van der Waals surface area contributed by atoms with Crippen LogP contribution >= 0.6 is 0 Å². The van der Waals surface area contributed by atoms with Crippen molar-refractivity contribution in [3.05, 3.63) is 29.8 Å². The van der Waals surface area contributed by atoms with Crippen LogP contribution in [0.2, 0.25) is 0 Å². The molecule has 0 amide bonds. The first-order valence-corrected chi connectivity index (χ1v) is 8.36. The van der Waals surface area contributed by atoms with Gasteiger partial charge < -0.3 is 14.6 Å². The molecule has 1 saturated heterocycles. The Morgan fingerprint density at radius 2 is 2.14 bits per heavy atom. The Hall–Kier alpha value is -1.10. The second-order valence-corrected chi connectivity index (χ2v) is 6.12. The van der Waals surface area contributed by atoms with Gasteiger partial charge in [0.2, 0.25) is 0 Å². The monoisotopic (exact) mass is 307 g/mol. The summed E-state index contributed by atoms with van der Waals surface area (Å²) in [5.41, 5.74) is 1.24. The van der Waals surface area contributed by atoms with Crippen molar-refractivity contribution in [3.8, 4) is 5.75 Å². The summed E-state index contributed by atoms with van der Waals surface area (Å²) in [6.07, 6.45) is 4.20. The molecule has 2 atom stereocenters. The maximum atomic E-state index is 10.2. The molecule has 1 N–H and O–H groups in total. The van der Waals surface area contributed by atoms with E-state index < -0.39 is 0 Å². The molecule has 0 radical (unpaired) electrons. The predicted octanol–water partition coefficient (Wildman–Crippen LogP) is 2.84. The molecule has 1 heterocycles. The first kappa shape index (κ1) is 17.3. The van der Waals surface area contributed by atoms with Crippen molar-refractivity contribution in [1.82, 2.24) is 4.90 Å². The minimum atomic E-state index is -0.260. The molecule has 4 nitrogen and oxygen atoms in total. The van der Waals surface area contributed by atoms with E-state index in [1.54, 1.807) is 7.11 Å². The third-order valence-electron chi connectivity index (χ3n) is 4.14. The van der Waals surface area contributed by atoms with Gasteiger partial charge in [0.15, 0.2) is 0 Å². The second-order valence-electron chi connectivity index (χ2n) is 6.12. The van der Waals surface area contributed by atoms with Crippen LogP contribution in [-0.4, -0.2) is 49.0 Å². The Morgan fingerprint density at radius 3 is 2.73 bits per heavy atom. The lowest BCUT2D eigenvalue weighted by molar-refractivity contribution is 0.0441. The van der Waals surface area contributed by atoms with Crippen LogP contribution in [0.15, 0.2) is 24.3 Å². The van der Waals surface area contributed by atoms with E-state index >= 15 is 0 Å². The van der Waals surface area contributed by atoms with Crippen molar-refractivity contribution in [2.24, 2.45) is 0 Å². The molecule has 4 heteroatoms. The van der Waals surface area contributed by atoms with Crippen LogP contribution in [0.4, 0.5) is 0 Å². The zero-order chi connectivity index (χ0) is 15.8. The number of rotatable bonds is 9. The minimum Gasteiger partial charge on any atom is -0.497 e. The van der Waals surface area contributed by atoms with Crippen LogP contribution in [0.1, 0.15) is 38.2 Å². The van der Waals surface area contributed by atoms with E-state index in [-0.39, 0.29) is 6.10 Å². The number of nitrogens with zero attached hydrogens (tertiary/aromatic N) is 1. The number of aliphatic hydroxyl groups excluding tert-OH is 1. The molecule has 0 aliphatic carbocycles. The molecule has 0 bridgehead atoms. The molecular weight excluding hydrogens is 278 g/mol. The van der Waals surface area contributed by atoms with Gasteiger partial charge in [0.1, 0.15) is 5.75 Å². The van der Waals surface area contributed by atoms with E-state index in [1.807, 2.05) is 12.1 Å². The van der Waals surface area contributed by atoms with Crippen LogP contribution in [0, 0.1) is 0 Å². The number of hydrogen-bond acceptors (Lipinski definition) is 4. The third-order valence-corrected chi connectivity index (χ3v) is 4.14. The third kappa shape index (κ3) is 5.59. The Balaban J connectivity index is 1.94. The van der Waals surface area contributed by atoms with Crippen molar-refractivity contribution < 1.29 is 14.6 Å². The summed E-state index contributed by atoms with van der Waals surface area (Å²) < 4.78 is 11.0. The number of benzene rings is 1. The lowest BCUT2D eigenvalue weighted by Gasteiger charge is -2.27. The number of ether oxygens (including phenoxy) is 2.